The van der Waals surface area contributed by atoms with Crippen molar-refractivity contribution < 1.29 is 9.59 Å². The molecule has 35 heavy (non-hydrogen) atoms. The van der Waals surface area contributed by atoms with Crippen LogP contribution in [-0.2, 0) is 13.0 Å². The number of benzene rings is 2. The van der Waals surface area contributed by atoms with Gasteiger partial charge in [0.2, 0.25) is 0 Å². The first-order valence-electron chi connectivity index (χ1n) is 12.0. The zero-order valence-electron chi connectivity index (χ0n) is 19.8. The van der Waals surface area contributed by atoms with Gasteiger partial charge in [0.15, 0.2) is 5.13 Å². The Morgan fingerprint density at radius 2 is 1.91 bits per heavy atom. The van der Waals surface area contributed by atoms with Gasteiger partial charge in [-0.3, -0.25) is 10.1 Å². The molecular weight excluding hydrogens is 460 g/mol. The first-order chi connectivity index (χ1) is 17.0. The van der Waals surface area contributed by atoms with Gasteiger partial charge in [-0.1, -0.05) is 12.1 Å². The number of likely N-dealkylation sites (tertiary alicyclic amines) is 1. The minimum atomic E-state index is -0.181. The number of hydrogen-bond acceptors (Lipinski definition) is 6. The number of fused-ring (bicyclic) bond motifs is 1. The molecule has 5 rings (SSSR count). The molecule has 2 aliphatic rings. The molecule has 3 heterocycles. The van der Waals surface area contributed by atoms with Gasteiger partial charge >= 0.3 is 6.03 Å². The summed E-state index contributed by atoms with van der Waals surface area (Å²) in [5.41, 5.74) is 9.73. The minimum absolute atomic E-state index is 0.0898. The molecule has 0 spiro atoms. The van der Waals surface area contributed by atoms with Gasteiger partial charge in [0.1, 0.15) is 0 Å². The number of rotatable bonds is 4. The molecule has 4 N–H and O–H groups in total. The lowest BCUT2D eigenvalue weighted by Gasteiger charge is -2.36. The molecule has 3 amide bonds. The second-order valence-electron chi connectivity index (χ2n) is 9.21. The van der Waals surface area contributed by atoms with Gasteiger partial charge in [-0.15, -0.1) is 11.3 Å². The number of amides is 3. The third kappa shape index (κ3) is 5.31. The Morgan fingerprint density at radius 3 is 2.74 bits per heavy atom. The molecule has 9 heteroatoms. The van der Waals surface area contributed by atoms with Gasteiger partial charge in [-0.2, -0.15) is 0 Å². The van der Waals surface area contributed by atoms with Gasteiger partial charge in [-0.05, 0) is 68.3 Å². The maximum absolute atomic E-state index is 13.1. The van der Waals surface area contributed by atoms with Crippen LogP contribution in [0.2, 0.25) is 0 Å². The average molecular weight is 491 g/mol. The maximum atomic E-state index is 13.1. The van der Waals surface area contributed by atoms with Gasteiger partial charge in [0.05, 0.1) is 11.7 Å². The molecule has 2 aliphatic heterocycles. The Bertz CT molecular complexity index is 1220. The standard InChI is InChI=1S/C26H30N6O2S/c1-31-14-12-21-23(16-31)35-25(29-21)30-24(33)18-6-4-5-17(15-18)22-7-2-3-13-32(22)26(34)28-20-10-8-19(27)9-11-20/h4-6,8-11,15,22H,2-3,7,12-14,16,27H2,1H3,(H,28,34)(H,29,30,33). The molecule has 0 aliphatic carbocycles. The van der Waals surface area contributed by atoms with Crippen molar-refractivity contribution in [1.29, 1.82) is 0 Å². The van der Waals surface area contributed by atoms with E-state index in [1.165, 1.54) is 4.88 Å². The second-order valence-corrected chi connectivity index (χ2v) is 10.3. The Labute approximate surface area is 209 Å². The smallest absolute Gasteiger partial charge is 0.322 e. The number of carbonyl (C=O) groups excluding carboxylic acids is 2. The number of anilines is 3. The van der Waals surface area contributed by atoms with E-state index in [1.807, 2.05) is 29.2 Å². The first-order valence-corrected chi connectivity index (χ1v) is 12.8. The number of nitrogens with two attached hydrogens (primary N) is 1. The number of hydrogen-bond donors (Lipinski definition) is 3. The number of aromatic nitrogens is 1. The summed E-state index contributed by atoms with van der Waals surface area (Å²) in [4.78, 5) is 36.1. The summed E-state index contributed by atoms with van der Waals surface area (Å²) in [6, 6.07) is 14.5. The van der Waals surface area contributed by atoms with E-state index in [1.54, 1.807) is 35.6 Å². The van der Waals surface area contributed by atoms with Gasteiger partial charge in [-0.25, -0.2) is 9.78 Å². The van der Waals surface area contributed by atoms with Crippen LogP contribution in [0.5, 0.6) is 0 Å². The largest absolute Gasteiger partial charge is 0.399 e. The van der Waals surface area contributed by atoms with Crippen LogP contribution in [0.3, 0.4) is 0 Å². The quantitative estimate of drug-likeness (QED) is 0.459. The Hall–Kier alpha value is -3.43. The minimum Gasteiger partial charge on any atom is -0.399 e. The number of nitrogens with zero attached hydrogens (tertiary/aromatic N) is 3. The van der Waals surface area contributed by atoms with Crippen molar-refractivity contribution >= 4 is 39.8 Å². The molecule has 1 saturated heterocycles. The lowest BCUT2D eigenvalue weighted by Crippen LogP contribution is -2.41. The highest BCUT2D eigenvalue weighted by molar-refractivity contribution is 7.15. The third-order valence-corrected chi connectivity index (χ3v) is 7.60. The molecule has 1 fully saturated rings. The van der Waals surface area contributed by atoms with Crippen LogP contribution in [0.1, 0.15) is 51.8 Å². The average Bonchev–Trinajstić information content (AvgIpc) is 3.26. The van der Waals surface area contributed by atoms with E-state index in [4.69, 9.17) is 5.73 Å². The molecule has 0 saturated carbocycles. The van der Waals surface area contributed by atoms with Crippen LogP contribution in [0.15, 0.2) is 48.5 Å². The van der Waals surface area contributed by atoms with Crippen molar-refractivity contribution in [2.24, 2.45) is 0 Å². The van der Waals surface area contributed by atoms with E-state index in [0.717, 1.165) is 50.0 Å². The number of likely N-dealkylation sites (N-methyl/N-ethyl adjacent to an activating group) is 1. The van der Waals surface area contributed by atoms with Gasteiger partial charge in [0.25, 0.3) is 5.91 Å². The molecule has 8 nitrogen and oxygen atoms in total. The van der Waals surface area contributed by atoms with Crippen molar-refractivity contribution in [3.05, 3.63) is 70.2 Å². The number of carbonyl (C=O) groups is 2. The monoisotopic (exact) mass is 490 g/mol. The highest BCUT2D eigenvalue weighted by atomic mass is 32.1. The second kappa shape index (κ2) is 10.1. The summed E-state index contributed by atoms with van der Waals surface area (Å²) in [6.07, 6.45) is 3.75. The fourth-order valence-corrected chi connectivity index (χ4v) is 5.80. The number of urea groups is 1. The van der Waals surface area contributed by atoms with Crippen LogP contribution in [0, 0.1) is 0 Å². The number of piperidine rings is 1. The molecule has 1 aromatic heterocycles. The van der Waals surface area contributed by atoms with Crippen molar-refractivity contribution in [3.63, 3.8) is 0 Å². The summed E-state index contributed by atoms with van der Waals surface area (Å²) in [5.74, 6) is -0.181. The van der Waals surface area contributed by atoms with E-state index in [2.05, 4.69) is 27.6 Å². The lowest BCUT2D eigenvalue weighted by atomic mass is 9.94. The summed E-state index contributed by atoms with van der Waals surface area (Å²) < 4.78 is 0. The molecule has 1 unspecified atom stereocenters. The molecule has 182 valence electrons. The predicted molar refractivity (Wildman–Crippen MR) is 140 cm³/mol. The van der Waals surface area contributed by atoms with Gasteiger partial charge in [0, 0.05) is 47.9 Å². The lowest BCUT2D eigenvalue weighted by molar-refractivity contribution is 0.102. The Kier molecular flexibility index (Phi) is 6.70. The van der Waals surface area contributed by atoms with Crippen molar-refractivity contribution in [2.45, 2.75) is 38.3 Å². The van der Waals surface area contributed by atoms with Gasteiger partial charge < -0.3 is 20.9 Å². The first kappa shape index (κ1) is 23.3. The summed E-state index contributed by atoms with van der Waals surface area (Å²) in [7, 11) is 2.09. The topological polar surface area (TPSA) is 104 Å². The zero-order chi connectivity index (χ0) is 24.4. The predicted octanol–water partition coefficient (Wildman–Crippen LogP) is 4.72. The van der Waals surface area contributed by atoms with Crippen LogP contribution in [-0.4, -0.2) is 46.9 Å². The molecule has 0 radical (unpaired) electrons. The molecular formula is C26H30N6O2S. The number of nitrogens with one attached hydrogen (secondary N) is 2. The van der Waals surface area contributed by atoms with Crippen LogP contribution in [0.25, 0.3) is 0 Å². The van der Waals surface area contributed by atoms with Crippen LogP contribution < -0.4 is 16.4 Å². The van der Waals surface area contributed by atoms with Crippen LogP contribution >= 0.6 is 11.3 Å². The SMILES string of the molecule is CN1CCc2nc(NC(=O)c3cccc(C4CCCCN4C(=O)Nc4ccc(N)cc4)c3)sc2C1. The van der Waals surface area contributed by atoms with E-state index < -0.39 is 0 Å². The number of nitrogen functional groups attached to an aromatic ring is 1. The van der Waals surface area contributed by atoms with Crippen molar-refractivity contribution in [1.82, 2.24) is 14.8 Å². The van der Waals surface area contributed by atoms with E-state index in [-0.39, 0.29) is 18.0 Å². The summed E-state index contributed by atoms with van der Waals surface area (Å²) in [6.45, 7) is 2.52. The number of thiazole rings is 1. The normalized spacial score (nSPS) is 18.1. The Morgan fingerprint density at radius 1 is 1.09 bits per heavy atom. The maximum Gasteiger partial charge on any atom is 0.322 e. The Balaban J connectivity index is 1.30. The molecule has 1 atom stereocenters. The zero-order valence-corrected chi connectivity index (χ0v) is 20.6. The fourth-order valence-electron chi connectivity index (χ4n) is 4.72. The fraction of sp³-hybridized carbons (Fsp3) is 0.346. The van der Waals surface area contributed by atoms with Crippen molar-refractivity contribution in [3.8, 4) is 0 Å². The van der Waals surface area contributed by atoms with E-state index in [0.29, 0.717) is 28.6 Å². The third-order valence-electron chi connectivity index (χ3n) is 6.60. The summed E-state index contributed by atoms with van der Waals surface area (Å²) >= 11 is 1.55. The van der Waals surface area contributed by atoms with Crippen molar-refractivity contribution in [2.75, 3.05) is 36.5 Å². The van der Waals surface area contributed by atoms with Crippen LogP contribution in [0.4, 0.5) is 21.3 Å². The summed E-state index contributed by atoms with van der Waals surface area (Å²) in [5, 5.41) is 6.60. The molecule has 3 aromatic rings. The van der Waals surface area contributed by atoms with E-state index in [9.17, 15) is 9.59 Å². The highest BCUT2D eigenvalue weighted by Gasteiger charge is 2.29. The molecule has 2 aromatic carbocycles. The van der Waals surface area contributed by atoms with E-state index >= 15 is 0 Å². The highest BCUT2D eigenvalue weighted by Crippen LogP contribution is 2.33. The molecule has 0 bridgehead atoms.